The molecule has 1 amide bonds. The summed E-state index contributed by atoms with van der Waals surface area (Å²) in [4.78, 5) is 16.5. The van der Waals surface area contributed by atoms with E-state index in [-0.39, 0.29) is 11.4 Å². The van der Waals surface area contributed by atoms with Crippen molar-refractivity contribution in [1.82, 2.24) is 10.3 Å². The fraction of sp³-hybridized carbons (Fsp3) is 0.333. The van der Waals surface area contributed by atoms with Crippen molar-refractivity contribution in [1.29, 1.82) is 0 Å². The number of rotatable bonds is 4. The van der Waals surface area contributed by atoms with Gasteiger partial charge in [-0.3, -0.25) is 4.79 Å². The first-order valence-corrected chi connectivity index (χ1v) is 8.70. The van der Waals surface area contributed by atoms with E-state index in [2.05, 4.69) is 10.3 Å². The number of hydrogen-bond acceptors (Lipinski definition) is 5. The molecule has 5 nitrogen and oxygen atoms in total. The van der Waals surface area contributed by atoms with E-state index >= 15 is 0 Å². The van der Waals surface area contributed by atoms with Gasteiger partial charge in [-0.2, -0.15) is 0 Å². The molecule has 1 aromatic carbocycles. The molecular formula is C18H20N2O3S. The van der Waals surface area contributed by atoms with Crippen LogP contribution in [0.5, 0.6) is 0 Å². The Bertz CT molecular complexity index is 874. The quantitative estimate of drug-likeness (QED) is 0.703. The normalized spacial score (nSPS) is 11.8. The van der Waals surface area contributed by atoms with Crippen LogP contribution >= 0.6 is 11.8 Å². The topological polar surface area (TPSA) is 68.3 Å². The van der Waals surface area contributed by atoms with Crippen LogP contribution in [-0.2, 0) is 5.75 Å². The molecule has 2 aromatic heterocycles. The SMILES string of the molecule is Cc1ccc2nc(SCc3ccc(C(=O)NC(C)(C)C)o3)oc2c1. The fourth-order valence-electron chi connectivity index (χ4n) is 2.19. The zero-order valence-corrected chi connectivity index (χ0v) is 15.0. The van der Waals surface area contributed by atoms with Crippen LogP contribution in [0, 0.1) is 6.92 Å². The van der Waals surface area contributed by atoms with Gasteiger partial charge in [0, 0.05) is 5.54 Å². The standard InChI is InChI=1S/C18H20N2O3S/c1-11-5-7-13-15(9-11)23-17(19-13)24-10-12-6-8-14(22-12)16(21)20-18(2,3)4/h5-9H,10H2,1-4H3,(H,20,21). The summed E-state index contributed by atoms with van der Waals surface area (Å²) < 4.78 is 11.3. The summed E-state index contributed by atoms with van der Waals surface area (Å²) in [5.41, 5.74) is 2.46. The number of fused-ring (bicyclic) bond motifs is 1. The van der Waals surface area contributed by atoms with Gasteiger partial charge in [-0.15, -0.1) is 0 Å². The van der Waals surface area contributed by atoms with Crippen LogP contribution < -0.4 is 5.32 Å². The van der Waals surface area contributed by atoms with Crippen LogP contribution in [0.2, 0.25) is 0 Å². The Labute approximate surface area is 144 Å². The summed E-state index contributed by atoms with van der Waals surface area (Å²) in [5, 5.41) is 3.47. The second kappa shape index (κ2) is 6.36. The molecule has 6 heteroatoms. The lowest BCUT2D eigenvalue weighted by Gasteiger charge is -2.19. The fourth-order valence-corrected chi connectivity index (χ4v) is 2.92. The number of carbonyl (C=O) groups is 1. The maximum atomic E-state index is 12.1. The average molecular weight is 344 g/mol. The van der Waals surface area contributed by atoms with E-state index in [1.54, 1.807) is 12.1 Å². The molecule has 0 aliphatic rings. The number of aryl methyl sites for hydroxylation is 1. The first-order chi connectivity index (χ1) is 11.3. The van der Waals surface area contributed by atoms with Crippen molar-refractivity contribution in [3.8, 4) is 0 Å². The lowest BCUT2D eigenvalue weighted by atomic mass is 10.1. The molecule has 0 bridgehead atoms. The number of benzene rings is 1. The minimum Gasteiger partial charge on any atom is -0.455 e. The van der Waals surface area contributed by atoms with Gasteiger partial charge in [0.2, 0.25) is 0 Å². The van der Waals surface area contributed by atoms with Crippen molar-refractivity contribution in [3.63, 3.8) is 0 Å². The van der Waals surface area contributed by atoms with Crippen LogP contribution in [0.15, 0.2) is 44.4 Å². The smallest absolute Gasteiger partial charge is 0.287 e. The molecule has 3 aromatic rings. The number of oxazole rings is 1. The maximum Gasteiger partial charge on any atom is 0.287 e. The predicted octanol–water partition coefficient (Wildman–Crippen LogP) is 4.55. The third kappa shape index (κ3) is 4.00. The Balaban J connectivity index is 1.65. The number of nitrogens with zero attached hydrogens (tertiary/aromatic N) is 1. The molecule has 1 N–H and O–H groups in total. The summed E-state index contributed by atoms with van der Waals surface area (Å²) in [6.07, 6.45) is 0. The second-order valence-electron chi connectivity index (χ2n) is 6.71. The lowest BCUT2D eigenvalue weighted by molar-refractivity contribution is 0.0889. The van der Waals surface area contributed by atoms with Crippen molar-refractivity contribution < 1.29 is 13.6 Å². The van der Waals surface area contributed by atoms with E-state index < -0.39 is 0 Å². The number of hydrogen-bond donors (Lipinski definition) is 1. The Kier molecular flexibility index (Phi) is 4.41. The minimum absolute atomic E-state index is 0.212. The van der Waals surface area contributed by atoms with Crippen molar-refractivity contribution in [3.05, 3.63) is 47.4 Å². The van der Waals surface area contributed by atoms with E-state index in [4.69, 9.17) is 8.83 Å². The Hall–Kier alpha value is -2.21. The zero-order chi connectivity index (χ0) is 17.3. The van der Waals surface area contributed by atoms with Crippen molar-refractivity contribution in [2.24, 2.45) is 0 Å². The van der Waals surface area contributed by atoms with E-state index in [1.807, 2.05) is 45.9 Å². The van der Waals surface area contributed by atoms with E-state index in [0.29, 0.717) is 22.5 Å². The number of aromatic nitrogens is 1. The van der Waals surface area contributed by atoms with Gasteiger partial charge in [0.15, 0.2) is 11.3 Å². The first-order valence-electron chi connectivity index (χ1n) is 7.71. The largest absolute Gasteiger partial charge is 0.455 e. The Morgan fingerprint density at radius 3 is 2.75 bits per heavy atom. The number of amides is 1. The maximum absolute atomic E-state index is 12.1. The van der Waals surface area contributed by atoms with Gasteiger partial charge >= 0.3 is 0 Å². The molecule has 0 saturated heterocycles. The summed E-state index contributed by atoms with van der Waals surface area (Å²) in [7, 11) is 0. The average Bonchev–Trinajstić information content (AvgIpc) is 3.09. The van der Waals surface area contributed by atoms with E-state index in [9.17, 15) is 4.79 Å². The monoisotopic (exact) mass is 344 g/mol. The molecule has 2 heterocycles. The highest BCUT2D eigenvalue weighted by Crippen LogP contribution is 2.27. The summed E-state index contributed by atoms with van der Waals surface area (Å²) in [6.45, 7) is 7.81. The van der Waals surface area contributed by atoms with Crippen LogP contribution in [0.1, 0.15) is 42.6 Å². The molecular weight excluding hydrogens is 324 g/mol. The summed E-state index contributed by atoms with van der Waals surface area (Å²) in [6, 6.07) is 9.41. The molecule has 0 aliphatic heterocycles. The summed E-state index contributed by atoms with van der Waals surface area (Å²) >= 11 is 1.44. The van der Waals surface area contributed by atoms with Gasteiger partial charge in [0.05, 0.1) is 5.75 Å². The van der Waals surface area contributed by atoms with Crippen LogP contribution in [0.3, 0.4) is 0 Å². The van der Waals surface area contributed by atoms with Crippen LogP contribution in [-0.4, -0.2) is 16.4 Å². The highest BCUT2D eigenvalue weighted by atomic mass is 32.2. The van der Waals surface area contributed by atoms with Gasteiger partial charge in [-0.25, -0.2) is 4.98 Å². The van der Waals surface area contributed by atoms with Gasteiger partial charge in [-0.05, 0) is 57.5 Å². The van der Waals surface area contributed by atoms with Crippen molar-refractivity contribution >= 4 is 28.8 Å². The highest BCUT2D eigenvalue weighted by molar-refractivity contribution is 7.98. The predicted molar refractivity (Wildman–Crippen MR) is 94.2 cm³/mol. The molecule has 0 fully saturated rings. The molecule has 24 heavy (non-hydrogen) atoms. The third-order valence-electron chi connectivity index (χ3n) is 3.24. The number of furan rings is 1. The van der Waals surface area contributed by atoms with Gasteiger partial charge in [0.1, 0.15) is 11.3 Å². The lowest BCUT2D eigenvalue weighted by Crippen LogP contribution is -2.40. The molecule has 0 unspecified atom stereocenters. The molecule has 0 aliphatic carbocycles. The number of nitrogens with one attached hydrogen (secondary N) is 1. The molecule has 126 valence electrons. The molecule has 0 radical (unpaired) electrons. The zero-order valence-electron chi connectivity index (χ0n) is 14.2. The Morgan fingerprint density at radius 1 is 1.21 bits per heavy atom. The highest BCUT2D eigenvalue weighted by Gasteiger charge is 2.18. The minimum atomic E-state index is -0.297. The third-order valence-corrected chi connectivity index (χ3v) is 4.09. The second-order valence-corrected chi connectivity index (χ2v) is 7.64. The van der Waals surface area contributed by atoms with Gasteiger partial charge in [0.25, 0.3) is 11.1 Å². The summed E-state index contributed by atoms with van der Waals surface area (Å²) in [5.74, 6) is 1.36. The van der Waals surface area contributed by atoms with E-state index in [0.717, 1.165) is 16.7 Å². The molecule has 3 rings (SSSR count). The Morgan fingerprint density at radius 2 is 2.00 bits per heavy atom. The van der Waals surface area contributed by atoms with E-state index in [1.165, 1.54) is 11.8 Å². The molecule has 0 atom stereocenters. The molecule has 0 saturated carbocycles. The van der Waals surface area contributed by atoms with Crippen LogP contribution in [0.25, 0.3) is 11.1 Å². The first kappa shape index (κ1) is 16.6. The van der Waals surface area contributed by atoms with Crippen LogP contribution in [0.4, 0.5) is 0 Å². The van der Waals surface area contributed by atoms with Crippen molar-refractivity contribution in [2.45, 2.75) is 44.2 Å². The van der Waals surface area contributed by atoms with Crippen molar-refractivity contribution in [2.75, 3.05) is 0 Å². The number of carbonyl (C=O) groups excluding carboxylic acids is 1. The number of thioether (sulfide) groups is 1. The van der Waals surface area contributed by atoms with Gasteiger partial charge in [-0.1, -0.05) is 17.8 Å². The van der Waals surface area contributed by atoms with Gasteiger partial charge < -0.3 is 14.2 Å². The molecule has 0 spiro atoms.